The van der Waals surface area contributed by atoms with E-state index >= 15 is 0 Å². The molecule has 1 aliphatic heterocycles. The lowest BCUT2D eigenvalue weighted by Gasteiger charge is -2.29. The van der Waals surface area contributed by atoms with Crippen LogP contribution in [0.1, 0.15) is 22.6 Å². The molecule has 2 aromatic carbocycles. The molecule has 0 unspecified atom stereocenters. The average Bonchev–Trinajstić information content (AvgIpc) is 2.82. The number of halogens is 1. The number of rotatable bonds is 4. The Balaban J connectivity index is 1.51. The topological polar surface area (TPSA) is 64.0 Å². The Bertz CT molecular complexity index is 1290. The molecule has 2 aromatic heterocycles. The van der Waals surface area contributed by atoms with Crippen molar-refractivity contribution in [2.24, 2.45) is 0 Å². The number of morpholine rings is 1. The number of fused-ring (bicyclic) bond motifs is 1. The summed E-state index contributed by atoms with van der Waals surface area (Å²) in [5, 5.41) is 0.825. The lowest BCUT2D eigenvalue weighted by Crippen LogP contribution is -2.36. The van der Waals surface area contributed by atoms with Crippen molar-refractivity contribution in [3.8, 4) is 11.3 Å². The zero-order chi connectivity index (χ0) is 22.1. The van der Waals surface area contributed by atoms with E-state index in [1.807, 2.05) is 38.1 Å². The molecular weight excluding hydrogens is 405 g/mol. The van der Waals surface area contributed by atoms with E-state index < -0.39 is 0 Å². The Morgan fingerprint density at radius 2 is 1.81 bits per heavy atom. The zero-order valence-electron chi connectivity index (χ0n) is 18.2. The molecule has 0 amide bonds. The van der Waals surface area contributed by atoms with Gasteiger partial charge in [0.2, 0.25) is 0 Å². The quantitative estimate of drug-likeness (QED) is 0.483. The number of aromatic nitrogens is 4. The number of ether oxygens (including phenoxy) is 1. The number of nitrogens with zero attached hydrogens (tertiary/aromatic N) is 5. The van der Waals surface area contributed by atoms with E-state index in [0.29, 0.717) is 17.7 Å². The van der Waals surface area contributed by atoms with Crippen LogP contribution in [0, 0.1) is 19.7 Å². The molecule has 0 saturated carbocycles. The van der Waals surface area contributed by atoms with Crippen molar-refractivity contribution in [2.75, 3.05) is 31.2 Å². The molecule has 1 aliphatic rings. The molecule has 0 atom stereocenters. The summed E-state index contributed by atoms with van der Waals surface area (Å²) in [5.74, 6) is -0.308. The van der Waals surface area contributed by atoms with Gasteiger partial charge in [-0.15, -0.1) is 0 Å². The minimum Gasteiger partial charge on any atom is -0.378 e. The Labute approximate surface area is 186 Å². The van der Waals surface area contributed by atoms with Crippen molar-refractivity contribution in [2.45, 2.75) is 20.3 Å². The molecule has 0 radical (unpaired) electrons. The Morgan fingerprint density at radius 1 is 0.969 bits per heavy atom. The van der Waals surface area contributed by atoms with Crippen molar-refractivity contribution in [3.05, 3.63) is 77.4 Å². The zero-order valence-corrected chi connectivity index (χ0v) is 18.2. The minimum absolute atomic E-state index is 0.308. The van der Waals surface area contributed by atoms with Gasteiger partial charge in [-0.05, 0) is 49.7 Å². The molecule has 0 N–H and O–H groups in total. The lowest BCUT2D eigenvalue weighted by molar-refractivity contribution is 0.122. The van der Waals surface area contributed by atoms with E-state index in [4.69, 9.17) is 4.74 Å². The third-order valence-electron chi connectivity index (χ3n) is 5.91. The highest BCUT2D eigenvalue weighted by atomic mass is 19.1. The first kappa shape index (κ1) is 20.5. The average molecular weight is 429 g/mol. The van der Waals surface area contributed by atoms with Crippen LogP contribution in [0.2, 0.25) is 0 Å². The van der Waals surface area contributed by atoms with E-state index in [1.54, 1.807) is 12.3 Å². The molecule has 5 rings (SSSR count). The summed E-state index contributed by atoms with van der Waals surface area (Å²) in [4.78, 5) is 20.2. The van der Waals surface area contributed by atoms with E-state index in [-0.39, 0.29) is 5.82 Å². The van der Waals surface area contributed by atoms with Crippen LogP contribution in [0.15, 0.2) is 48.9 Å². The first-order valence-corrected chi connectivity index (χ1v) is 10.7. The molecule has 7 heteroatoms. The highest BCUT2D eigenvalue weighted by Crippen LogP contribution is 2.31. The van der Waals surface area contributed by atoms with Crippen LogP contribution in [0.5, 0.6) is 0 Å². The maximum atomic E-state index is 14.9. The standard InChI is InChI=1S/C25H24FN5O/c1-16-17(2)30-19(14-27-16)11-18-3-6-23(26)22(12-18)25-21-5-4-20(13-24(21)28-15-29-25)31-7-9-32-10-8-31/h3-6,12-15H,7-11H2,1-2H3. The molecule has 1 saturated heterocycles. The predicted molar refractivity (Wildman–Crippen MR) is 122 cm³/mol. The highest BCUT2D eigenvalue weighted by molar-refractivity contribution is 5.94. The normalized spacial score (nSPS) is 14.2. The first-order valence-electron chi connectivity index (χ1n) is 10.7. The largest absolute Gasteiger partial charge is 0.378 e. The van der Waals surface area contributed by atoms with Crippen molar-refractivity contribution in [1.29, 1.82) is 0 Å². The molecule has 0 aliphatic carbocycles. The molecule has 0 bridgehead atoms. The summed E-state index contributed by atoms with van der Waals surface area (Å²) in [6.45, 7) is 7.02. The molecule has 0 spiro atoms. The molecule has 162 valence electrons. The van der Waals surface area contributed by atoms with Crippen molar-refractivity contribution in [1.82, 2.24) is 19.9 Å². The third kappa shape index (κ3) is 4.03. The van der Waals surface area contributed by atoms with Crippen LogP contribution < -0.4 is 4.90 Å². The summed E-state index contributed by atoms with van der Waals surface area (Å²) in [6, 6.07) is 11.2. The van der Waals surface area contributed by atoms with Gasteiger partial charge in [0, 0.05) is 42.3 Å². The fourth-order valence-corrected chi connectivity index (χ4v) is 4.03. The molecule has 4 aromatic rings. The third-order valence-corrected chi connectivity index (χ3v) is 5.91. The maximum absolute atomic E-state index is 14.9. The van der Waals surface area contributed by atoms with Gasteiger partial charge < -0.3 is 9.64 Å². The van der Waals surface area contributed by atoms with Gasteiger partial charge in [0.05, 0.1) is 41.5 Å². The number of anilines is 1. The summed E-state index contributed by atoms with van der Waals surface area (Å²) in [6.07, 6.45) is 3.85. The number of hydrogen-bond acceptors (Lipinski definition) is 6. The second-order valence-corrected chi connectivity index (χ2v) is 8.05. The van der Waals surface area contributed by atoms with Crippen molar-refractivity contribution >= 4 is 16.6 Å². The molecule has 6 nitrogen and oxygen atoms in total. The number of aryl methyl sites for hydroxylation is 2. The van der Waals surface area contributed by atoms with Crippen molar-refractivity contribution in [3.63, 3.8) is 0 Å². The monoisotopic (exact) mass is 429 g/mol. The highest BCUT2D eigenvalue weighted by Gasteiger charge is 2.16. The molecule has 32 heavy (non-hydrogen) atoms. The van der Waals surface area contributed by atoms with Gasteiger partial charge in [-0.25, -0.2) is 14.4 Å². The van der Waals surface area contributed by atoms with Crippen molar-refractivity contribution < 1.29 is 9.13 Å². The van der Waals surface area contributed by atoms with Crippen LogP contribution in [-0.4, -0.2) is 46.2 Å². The second kappa shape index (κ2) is 8.59. The van der Waals surface area contributed by atoms with Crippen LogP contribution >= 0.6 is 0 Å². The van der Waals surface area contributed by atoms with Crippen LogP contribution in [-0.2, 0) is 11.2 Å². The smallest absolute Gasteiger partial charge is 0.132 e. The Morgan fingerprint density at radius 3 is 2.62 bits per heavy atom. The molecular formula is C25H24FN5O. The van der Waals surface area contributed by atoms with E-state index in [9.17, 15) is 4.39 Å². The number of hydrogen-bond donors (Lipinski definition) is 0. The van der Waals surface area contributed by atoms with Crippen LogP contribution in [0.25, 0.3) is 22.2 Å². The van der Waals surface area contributed by atoms with Gasteiger partial charge in [0.25, 0.3) is 0 Å². The van der Waals surface area contributed by atoms with E-state index in [1.165, 1.54) is 12.4 Å². The Kier molecular flexibility index (Phi) is 5.49. The number of benzene rings is 2. The Hall–Kier alpha value is -3.45. The summed E-state index contributed by atoms with van der Waals surface area (Å²) < 4.78 is 20.3. The van der Waals surface area contributed by atoms with Gasteiger partial charge in [-0.2, -0.15) is 0 Å². The second-order valence-electron chi connectivity index (χ2n) is 8.05. The summed E-state index contributed by atoms with van der Waals surface area (Å²) in [7, 11) is 0. The van der Waals surface area contributed by atoms with Gasteiger partial charge in [-0.3, -0.25) is 9.97 Å². The lowest BCUT2D eigenvalue weighted by atomic mass is 10.0. The van der Waals surface area contributed by atoms with Gasteiger partial charge in [0.15, 0.2) is 0 Å². The van der Waals surface area contributed by atoms with Gasteiger partial charge >= 0.3 is 0 Å². The summed E-state index contributed by atoms with van der Waals surface area (Å²) >= 11 is 0. The van der Waals surface area contributed by atoms with E-state index in [0.717, 1.165) is 65.5 Å². The molecule has 1 fully saturated rings. The fraction of sp³-hybridized carbons (Fsp3) is 0.280. The van der Waals surface area contributed by atoms with Gasteiger partial charge in [-0.1, -0.05) is 6.07 Å². The SMILES string of the molecule is Cc1ncc(Cc2ccc(F)c(-c3ncnc4cc(N5CCOCC5)ccc34)c2)nc1C. The predicted octanol–water partition coefficient (Wildman–Crippen LogP) is 4.27. The van der Waals surface area contributed by atoms with Crippen LogP contribution in [0.4, 0.5) is 10.1 Å². The maximum Gasteiger partial charge on any atom is 0.132 e. The first-order chi connectivity index (χ1) is 15.6. The van der Waals surface area contributed by atoms with Gasteiger partial charge in [0.1, 0.15) is 12.1 Å². The van der Waals surface area contributed by atoms with Crippen LogP contribution in [0.3, 0.4) is 0 Å². The minimum atomic E-state index is -0.308. The fourth-order valence-electron chi connectivity index (χ4n) is 4.03. The summed E-state index contributed by atoms with van der Waals surface area (Å²) in [5.41, 5.74) is 6.57. The van der Waals surface area contributed by atoms with E-state index in [2.05, 4.69) is 24.8 Å². The molecule has 3 heterocycles.